The van der Waals surface area contributed by atoms with Crippen molar-refractivity contribution in [2.24, 2.45) is 0 Å². The van der Waals surface area contributed by atoms with Gasteiger partial charge in [0, 0.05) is 19.1 Å². The lowest BCUT2D eigenvalue weighted by molar-refractivity contribution is 0.0696. The molecule has 98 valence electrons. The zero-order chi connectivity index (χ0) is 13.1. The number of carbonyl (C=O) groups is 1. The Morgan fingerprint density at radius 1 is 1.33 bits per heavy atom. The van der Waals surface area contributed by atoms with Crippen molar-refractivity contribution in [3.63, 3.8) is 0 Å². The summed E-state index contributed by atoms with van der Waals surface area (Å²) in [4.78, 5) is 13.5. The van der Waals surface area contributed by atoms with Crippen LogP contribution in [-0.4, -0.2) is 28.6 Å². The molecule has 3 nitrogen and oxygen atoms in total. The Balaban J connectivity index is 2.21. The Kier molecular flexibility index (Phi) is 4.02. The predicted octanol–water partition coefficient (Wildman–Crippen LogP) is 2.93. The minimum absolute atomic E-state index is 0.403. The summed E-state index contributed by atoms with van der Waals surface area (Å²) in [5, 5.41) is 9.04. The summed E-state index contributed by atoms with van der Waals surface area (Å²) >= 11 is 0. The lowest BCUT2D eigenvalue weighted by atomic mass is 9.95. The predicted molar refractivity (Wildman–Crippen MR) is 71.9 cm³/mol. The van der Waals surface area contributed by atoms with Crippen LogP contribution in [-0.2, 0) is 13.0 Å². The van der Waals surface area contributed by atoms with E-state index in [1.54, 1.807) is 6.07 Å². The molecule has 1 aliphatic heterocycles. The molecule has 0 aromatic heterocycles. The molecule has 0 saturated carbocycles. The van der Waals surface area contributed by atoms with Crippen LogP contribution < -0.4 is 0 Å². The summed E-state index contributed by atoms with van der Waals surface area (Å²) in [5.74, 6) is -0.836. The Morgan fingerprint density at radius 3 is 2.67 bits per heavy atom. The SMILES string of the molecule is CCC(CC)N1CCc2ccc(C(=O)O)cc2C1. The number of benzene rings is 1. The second kappa shape index (κ2) is 5.53. The third-order valence-corrected chi connectivity index (χ3v) is 3.95. The van der Waals surface area contributed by atoms with Gasteiger partial charge in [0.15, 0.2) is 0 Å². The van der Waals surface area contributed by atoms with Gasteiger partial charge in [-0.15, -0.1) is 0 Å². The number of carboxylic acids is 1. The van der Waals surface area contributed by atoms with E-state index in [2.05, 4.69) is 18.7 Å². The van der Waals surface area contributed by atoms with Gasteiger partial charge in [-0.3, -0.25) is 4.90 Å². The highest BCUT2D eigenvalue weighted by atomic mass is 16.4. The third kappa shape index (κ3) is 2.56. The van der Waals surface area contributed by atoms with Crippen LogP contribution in [0.4, 0.5) is 0 Å². The van der Waals surface area contributed by atoms with Crippen LogP contribution in [0.2, 0.25) is 0 Å². The minimum Gasteiger partial charge on any atom is -0.478 e. The second-order valence-corrected chi connectivity index (χ2v) is 4.98. The Morgan fingerprint density at radius 2 is 2.06 bits per heavy atom. The molecule has 1 aromatic carbocycles. The molecule has 0 spiro atoms. The highest BCUT2D eigenvalue weighted by Crippen LogP contribution is 2.23. The van der Waals surface area contributed by atoms with Gasteiger partial charge in [0.2, 0.25) is 0 Å². The number of rotatable bonds is 4. The van der Waals surface area contributed by atoms with Crippen LogP contribution in [0.25, 0.3) is 0 Å². The Bertz CT molecular complexity index is 438. The molecule has 0 amide bonds. The molecular formula is C15H21NO2. The molecule has 0 aliphatic carbocycles. The van der Waals surface area contributed by atoms with Gasteiger partial charge < -0.3 is 5.11 Å². The van der Waals surface area contributed by atoms with E-state index in [1.165, 1.54) is 11.1 Å². The van der Waals surface area contributed by atoms with Gasteiger partial charge in [0.1, 0.15) is 0 Å². The molecule has 2 rings (SSSR count). The highest BCUT2D eigenvalue weighted by Gasteiger charge is 2.21. The minimum atomic E-state index is -0.836. The molecule has 0 radical (unpaired) electrons. The van der Waals surface area contributed by atoms with Crippen molar-refractivity contribution in [2.75, 3.05) is 6.54 Å². The first-order chi connectivity index (χ1) is 8.65. The third-order valence-electron chi connectivity index (χ3n) is 3.95. The van der Waals surface area contributed by atoms with E-state index in [1.807, 2.05) is 12.1 Å². The molecule has 0 atom stereocenters. The van der Waals surface area contributed by atoms with Crippen LogP contribution in [0.5, 0.6) is 0 Å². The lowest BCUT2D eigenvalue weighted by Gasteiger charge is -2.34. The summed E-state index contributed by atoms with van der Waals surface area (Å²) in [6.45, 7) is 6.42. The van der Waals surface area contributed by atoms with E-state index >= 15 is 0 Å². The van der Waals surface area contributed by atoms with E-state index < -0.39 is 5.97 Å². The average Bonchev–Trinajstić information content (AvgIpc) is 2.39. The summed E-state index contributed by atoms with van der Waals surface area (Å²) < 4.78 is 0. The van der Waals surface area contributed by atoms with E-state index in [0.29, 0.717) is 11.6 Å². The summed E-state index contributed by atoms with van der Waals surface area (Å²) in [5.41, 5.74) is 2.90. The first-order valence-electron chi connectivity index (χ1n) is 6.74. The fourth-order valence-electron chi connectivity index (χ4n) is 2.83. The molecule has 0 saturated heterocycles. The van der Waals surface area contributed by atoms with Crippen molar-refractivity contribution in [2.45, 2.75) is 45.7 Å². The standard InChI is InChI=1S/C15H21NO2/c1-3-14(4-2)16-8-7-11-5-6-12(15(17)18)9-13(11)10-16/h5-6,9,14H,3-4,7-8,10H2,1-2H3,(H,17,18). The zero-order valence-electron chi connectivity index (χ0n) is 11.1. The maximum atomic E-state index is 11.0. The van der Waals surface area contributed by atoms with Crippen LogP contribution in [0.3, 0.4) is 0 Å². The smallest absolute Gasteiger partial charge is 0.335 e. The van der Waals surface area contributed by atoms with Crippen molar-refractivity contribution in [3.05, 3.63) is 34.9 Å². The van der Waals surface area contributed by atoms with E-state index in [4.69, 9.17) is 5.11 Å². The maximum Gasteiger partial charge on any atom is 0.335 e. The summed E-state index contributed by atoms with van der Waals surface area (Å²) in [6, 6.07) is 6.15. The second-order valence-electron chi connectivity index (χ2n) is 4.98. The number of hydrogen-bond donors (Lipinski definition) is 1. The van der Waals surface area contributed by atoms with Crippen molar-refractivity contribution in [1.82, 2.24) is 4.90 Å². The zero-order valence-corrected chi connectivity index (χ0v) is 11.1. The topological polar surface area (TPSA) is 40.5 Å². The molecule has 3 heteroatoms. The first-order valence-corrected chi connectivity index (χ1v) is 6.74. The van der Waals surface area contributed by atoms with E-state index in [9.17, 15) is 4.79 Å². The van der Waals surface area contributed by atoms with Gasteiger partial charge in [-0.05, 0) is 42.5 Å². The summed E-state index contributed by atoms with van der Waals surface area (Å²) in [6.07, 6.45) is 3.35. The van der Waals surface area contributed by atoms with Gasteiger partial charge in [-0.1, -0.05) is 19.9 Å². The fraction of sp³-hybridized carbons (Fsp3) is 0.533. The molecule has 1 heterocycles. The number of carboxylic acid groups (broad SMARTS) is 1. The maximum absolute atomic E-state index is 11.0. The summed E-state index contributed by atoms with van der Waals surface area (Å²) in [7, 11) is 0. The molecule has 18 heavy (non-hydrogen) atoms. The normalized spacial score (nSPS) is 15.7. The quantitative estimate of drug-likeness (QED) is 0.889. The Hall–Kier alpha value is -1.35. The molecule has 0 fully saturated rings. The van der Waals surface area contributed by atoms with Crippen molar-refractivity contribution in [1.29, 1.82) is 0 Å². The van der Waals surface area contributed by atoms with Crippen LogP contribution in [0.1, 0.15) is 48.2 Å². The number of nitrogens with zero attached hydrogens (tertiary/aromatic N) is 1. The van der Waals surface area contributed by atoms with Crippen molar-refractivity contribution < 1.29 is 9.90 Å². The highest BCUT2D eigenvalue weighted by molar-refractivity contribution is 5.87. The van der Waals surface area contributed by atoms with E-state index in [0.717, 1.165) is 32.4 Å². The molecular weight excluding hydrogens is 226 g/mol. The lowest BCUT2D eigenvalue weighted by Crippen LogP contribution is -2.38. The number of aromatic carboxylic acids is 1. The van der Waals surface area contributed by atoms with Gasteiger partial charge >= 0.3 is 5.97 Å². The number of hydrogen-bond acceptors (Lipinski definition) is 2. The van der Waals surface area contributed by atoms with Crippen molar-refractivity contribution in [3.8, 4) is 0 Å². The van der Waals surface area contributed by atoms with Gasteiger partial charge in [-0.25, -0.2) is 4.79 Å². The van der Waals surface area contributed by atoms with Crippen LogP contribution in [0, 0.1) is 0 Å². The average molecular weight is 247 g/mol. The molecule has 1 N–H and O–H groups in total. The molecule has 0 bridgehead atoms. The monoisotopic (exact) mass is 247 g/mol. The van der Waals surface area contributed by atoms with Crippen molar-refractivity contribution >= 4 is 5.97 Å². The number of fused-ring (bicyclic) bond motifs is 1. The van der Waals surface area contributed by atoms with Gasteiger partial charge in [0.05, 0.1) is 5.56 Å². The fourth-order valence-corrected chi connectivity index (χ4v) is 2.83. The van der Waals surface area contributed by atoms with Crippen LogP contribution in [0.15, 0.2) is 18.2 Å². The largest absolute Gasteiger partial charge is 0.478 e. The van der Waals surface area contributed by atoms with E-state index in [-0.39, 0.29) is 0 Å². The molecule has 1 aromatic rings. The first kappa shape index (κ1) is 13.1. The van der Waals surface area contributed by atoms with Gasteiger partial charge in [-0.2, -0.15) is 0 Å². The van der Waals surface area contributed by atoms with Crippen LogP contribution >= 0.6 is 0 Å². The Labute approximate surface area is 108 Å². The molecule has 0 unspecified atom stereocenters. The van der Waals surface area contributed by atoms with Gasteiger partial charge in [0.25, 0.3) is 0 Å². The molecule has 1 aliphatic rings.